The predicted molar refractivity (Wildman–Crippen MR) is 301 cm³/mol. The molecule has 0 spiro atoms. The van der Waals surface area contributed by atoms with E-state index in [1.54, 1.807) is 9.47 Å². The lowest BCUT2D eigenvalue weighted by atomic mass is 9.92. The Morgan fingerprint density at radius 1 is 1.06 bits per heavy atom. The molecule has 1 aliphatic carbocycles. The molecular weight excluding hydrogens is 992 g/mol. The van der Waals surface area contributed by atoms with Crippen molar-refractivity contribution in [2.24, 2.45) is 5.92 Å². The molecule has 0 bridgehead atoms. The Morgan fingerprint density at radius 3 is 2.68 bits per heavy atom. The SMILES string of the molecule is C=C(C(=O)N1CCN(c2nc(OC[C@@]34CCCN3CC(C)C4)nc3c(F)c4c(cc23)C#Cc2c(N)sc3c(C)ccc-4c23)[C@@H](C)C1)C(C)Oc1ccc2nc3c(c(CC)c2c1)Cn1c-3cc2c(c1=O)COC(=C)C2O.CC. The monoisotopic (exact) mass is 1050 g/mol. The van der Waals surface area contributed by atoms with Crippen LogP contribution in [0, 0.1) is 30.5 Å². The van der Waals surface area contributed by atoms with Gasteiger partial charge in [0.15, 0.2) is 5.82 Å². The highest BCUT2D eigenvalue weighted by Gasteiger charge is 2.48. The summed E-state index contributed by atoms with van der Waals surface area (Å²) in [6.07, 6.45) is 2.06. The highest BCUT2D eigenvalue weighted by Crippen LogP contribution is 2.47. The quantitative estimate of drug-likeness (QED) is 0.104. The Bertz CT molecular complexity index is 3840. The summed E-state index contributed by atoms with van der Waals surface area (Å²) < 4.78 is 39.0. The number of piperazine rings is 1. The molecule has 14 nitrogen and oxygen atoms in total. The third kappa shape index (κ3) is 7.97. The van der Waals surface area contributed by atoms with Crippen LogP contribution in [0.1, 0.15) is 106 Å². The number of fused-ring (bicyclic) bond motifs is 9. The Labute approximate surface area is 451 Å². The molecule has 9 heterocycles. The van der Waals surface area contributed by atoms with Gasteiger partial charge in [-0.05, 0) is 106 Å². The van der Waals surface area contributed by atoms with E-state index in [9.17, 15) is 14.7 Å². The Balaban J connectivity index is 0.00000295. The number of amides is 1. The van der Waals surface area contributed by atoms with Crippen LogP contribution in [0.15, 0.2) is 71.7 Å². The number of rotatable bonds is 9. The number of carbonyl (C=O) groups is 1. The molecule has 77 heavy (non-hydrogen) atoms. The minimum Gasteiger partial charge on any atom is -0.491 e. The number of anilines is 2. The number of pyridine rings is 2. The van der Waals surface area contributed by atoms with E-state index in [0.717, 1.165) is 70.0 Å². The maximum absolute atomic E-state index is 17.7. The summed E-state index contributed by atoms with van der Waals surface area (Å²) in [5.74, 6) is 7.71. The van der Waals surface area contributed by atoms with Crippen molar-refractivity contribution in [1.29, 1.82) is 0 Å². The molecule has 4 aromatic heterocycles. The van der Waals surface area contributed by atoms with Gasteiger partial charge in [0, 0.05) is 80.9 Å². The van der Waals surface area contributed by atoms with E-state index in [2.05, 4.69) is 48.6 Å². The summed E-state index contributed by atoms with van der Waals surface area (Å²) >= 11 is 1.48. The second-order valence-corrected chi connectivity index (χ2v) is 22.5. The van der Waals surface area contributed by atoms with Crippen molar-refractivity contribution in [3.8, 4) is 46.1 Å². The van der Waals surface area contributed by atoms with Crippen LogP contribution in [0.2, 0.25) is 0 Å². The number of thiophene rings is 1. The van der Waals surface area contributed by atoms with E-state index in [-0.39, 0.29) is 46.9 Å². The van der Waals surface area contributed by atoms with E-state index in [1.165, 1.54) is 11.3 Å². The van der Waals surface area contributed by atoms with Crippen LogP contribution in [-0.4, -0.2) is 97.3 Å². The summed E-state index contributed by atoms with van der Waals surface area (Å²) in [6, 6.07) is 13.2. The first-order valence-corrected chi connectivity index (χ1v) is 27.8. The molecule has 13 rings (SSSR count). The van der Waals surface area contributed by atoms with Crippen LogP contribution in [0.4, 0.5) is 15.2 Å². The van der Waals surface area contributed by atoms with Crippen molar-refractivity contribution < 1.29 is 28.5 Å². The van der Waals surface area contributed by atoms with Crippen molar-refractivity contribution in [3.63, 3.8) is 0 Å². The summed E-state index contributed by atoms with van der Waals surface area (Å²) in [5.41, 5.74) is 15.1. The topological polar surface area (TPSA) is 161 Å². The van der Waals surface area contributed by atoms with E-state index in [4.69, 9.17) is 34.9 Å². The molecule has 1 amide bonds. The molecule has 3 unspecified atom stereocenters. The van der Waals surface area contributed by atoms with Crippen molar-refractivity contribution in [3.05, 3.63) is 122 Å². The lowest BCUT2D eigenvalue weighted by Crippen LogP contribution is -2.55. The molecule has 0 radical (unpaired) electrons. The van der Waals surface area contributed by atoms with Crippen LogP contribution in [0.3, 0.4) is 0 Å². The third-order valence-electron chi connectivity index (χ3n) is 16.8. The molecule has 6 aliphatic rings. The zero-order chi connectivity index (χ0) is 53.9. The van der Waals surface area contributed by atoms with Crippen molar-refractivity contribution in [2.45, 2.75) is 111 Å². The molecule has 3 saturated heterocycles. The van der Waals surface area contributed by atoms with Gasteiger partial charge in [0.2, 0.25) is 0 Å². The number of aliphatic hydroxyl groups excluding tert-OH is 1. The van der Waals surface area contributed by atoms with Crippen LogP contribution in [-0.2, 0) is 29.1 Å². The second-order valence-electron chi connectivity index (χ2n) is 21.5. The molecule has 16 heteroatoms. The van der Waals surface area contributed by atoms with E-state index >= 15 is 4.39 Å². The molecule has 5 atom stereocenters. The minimum absolute atomic E-state index is 0.0568. The number of nitrogens with zero attached hydrogens (tertiary/aromatic N) is 7. The number of halogens is 1. The average molecular weight is 1060 g/mol. The summed E-state index contributed by atoms with van der Waals surface area (Å²) in [6.45, 7) is 26.3. The number of nitrogens with two attached hydrogens (primary N) is 1. The van der Waals surface area contributed by atoms with E-state index in [0.29, 0.717) is 117 Å². The number of carbonyl (C=O) groups excluding carboxylic acids is 1. The largest absolute Gasteiger partial charge is 0.491 e. The van der Waals surface area contributed by atoms with Crippen LogP contribution in [0.25, 0.3) is 54.4 Å². The zero-order valence-corrected chi connectivity index (χ0v) is 45.5. The first-order chi connectivity index (χ1) is 37.1. The number of aromatic nitrogens is 4. The Hall–Kier alpha value is -7.32. The summed E-state index contributed by atoms with van der Waals surface area (Å²) in [5, 5.41) is 13.7. The molecule has 0 saturated carbocycles. The Kier molecular flexibility index (Phi) is 12.5. The fraction of sp³-hybridized carbons (Fsp3) is 0.393. The van der Waals surface area contributed by atoms with Gasteiger partial charge in [0.1, 0.15) is 53.3 Å². The van der Waals surface area contributed by atoms with E-state index in [1.807, 2.05) is 77.1 Å². The maximum atomic E-state index is 17.7. The van der Waals surface area contributed by atoms with Gasteiger partial charge in [0.05, 0.1) is 40.1 Å². The molecule has 3 aromatic carbocycles. The molecular formula is C61H63FN8O6S. The van der Waals surface area contributed by atoms with Crippen LogP contribution < -0.4 is 25.7 Å². The number of aliphatic hydroxyl groups is 1. The number of ether oxygens (including phenoxy) is 3. The number of hydrogen-bond acceptors (Lipinski definition) is 13. The van der Waals surface area contributed by atoms with Gasteiger partial charge in [0.25, 0.3) is 11.5 Å². The molecule has 3 fully saturated rings. The standard InChI is InChI=1S/C59H57FN8O6S.C2H6/c1-8-37-40-21-36(12-15-45(40)62-50-43(37)26-68-46(50)22-41-44(57(68)71)27-72-34(7)52(41)69)74-33(6)32(5)56(70)65-18-19-67(31(4)25-65)55-42-20-35-11-14-39-48-38(13-10-30(3)53(48)75-54(39)61)47(35)49(60)51(42)63-58(64-55)73-28-59-16-9-17-66(59)24-29(2)23-59;1-2/h10,12-13,15,20-22,29,31,33,52,69H,5,7-9,16-19,23-28,61H2,1-4,6H3;1-2H3/t29?,31-,33?,52?,59-;/m0./s1. The van der Waals surface area contributed by atoms with Gasteiger partial charge in [-0.2, -0.15) is 9.97 Å². The normalized spacial score (nSPS) is 21.3. The minimum atomic E-state index is -1.09. The number of nitrogen functional groups attached to an aromatic ring is 1. The molecule has 7 aromatic rings. The Morgan fingerprint density at radius 2 is 1.88 bits per heavy atom. The highest BCUT2D eigenvalue weighted by molar-refractivity contribution is 7.23. The van der Waals surface area contributed by atoms with Crippen molar-refractivity contribution in [2.75, 3.05) is 50.0 Å². The summed E-state index contributed by atoms with van der Waals surface area (Å²) in [4.78, 5) is 49.6. The van der Waals surface area contributed by atoms with Gasteiger partial charge < -0.3 is 39.4 Å². The first kappa shape index (κ1) is 50.5. The smallest absolute Gasteiger partial charge is 0.319 e. The molecule has 3 N–H and O–H groups in total. The lowest BCUT2D eigenvalue weighted by molar-refractivity contribution is -0.128. The third-order valence-corrected chi connectivity index (χ3v) is 18.0. The highest BCUT2D eigenvalue weighted by atomic mass is 32.1. The fourth-order valence-electron chi connectivity index (χ4n) is 13.0. The number of hydrogen-bond donors (Lipinski definition) is 2. The van der Waals surface area contributed by atoms with Gasteiger partial charge in [-0.25, -0.2) is 9.37 Å². The van der Waals surface area contributed by atoms with Gasteiger partial charge in [-0.1, -0.05) is 64.8 Å². The van der Waals surface area contributed by atoms with Crippen LogP contribution >= 0.6 is 11.3 Å². The number of aryl methyl sites for hydroxylation is 2. The van der Waals surface area contributed by atoms with Crippen LogP contribution in [0.5, 0.6) is 11.8 Å². The van der Waals surface area contributed by atoms with Gasteiger partial charge in [-0.15, -0.1) is 11.3 Å². The lowest BCUT2D eigenvalue weighted by Gasteiger charge is -2.41. The van der Waals surface area contributed by atoms with Crippen molar-refractivity contribution >= 4 is 60.0 Å². The maximum Gasteiger partial charge on any atom is 0.319 e. The van der Waals surface area contributed by atoms with E-state index < -0.39 is 18.0 Å². The zero-order valence-electron chi connectivity index (χ0n) is 44.7. The molecule has 396 valence electrons. The number of benzene rings is 3. The second kappa shape index (κ2) is 19.0. The average Bonchev–Trinajstić information content (AvgIpc) is 4.21. The predicted octanol–water partition coefficient (Wildman–Crippen LogP) is 9.97. The fourth-order valence-corrected chi connectivity index (χ4v) is 14.0. The summed E-state index contributed by atoms with van der Waals surface area (Å²) in [7, 11) is 0. The first-order valence-electron chi connectivity index (χ1n) is 27.0. The van der Waals surface area contributed by atoms with Gasteiger partial charge >= 0.3 is 6.01 Å². The van der Waals surface area contributed by atoms with Gasteiger partial charge in [-0.3, -0.25) is 14.5 Å². The molecule has 5 aliphatic heterocycles. The van der Waals surface area contributed by atoms with Crippen molar-refractivity contribution in [1.82, 2.24) is 29.3 Å².